The van der Waals surface area contributed by atoms with E-state index in [4.69, 9.17) is 9.47 Å². The van der Waals surface area contributed by atoms with Crippen molar-refractivity contribution in [3.63, 3.8) is 0 Å². The normalized spacial score (nSPS) is 20.2. The fourth-order valence-corrected chi connectivity index (χ4v) is 4.54. The largest absolute Gasteiger partial charge is 0.507 e. The summed E-state index contributed by atoms with van der Waals surface area (Å²) in [4.78, 5) is 43.5. The summed E-state index contributed by atoms with van der Waals surface area (Å²) < 4.78 is 11.1. The van der Waals surface area contributed by atoms with Crippen LogP contribution in [0.5, 0.6) is 17.2 Å². The topological polar surface area (TPSA) is 99.6 Å². The average Bonchev–Trinajstić information content (AvgIpc) is 3.25. The van der Waals surface area contributed by atoms with E-state index in [0.717, 1.165) is 0 Å². The molecule has 0 bridgehead atoms. The average molecular weight is 451 g/mol. The number of carbonyl (C=O) groups is 3. The van der Waals surface area contributed by atoms with Crippen LogP contribution in [0.3, 0.4) is 0 Å². The quantitative estimate of drug-likeness (QED) is 0.759. The van der Waals surface area contributed by atoms with Crippen LogP contribution in [0.2, 0.25) is 0 Å². The number of amides is 3. The van der Waals surface area contributed by atoms with Crippen molar-refractivity contribution < 1.29 is 29.0 Å². The number of nitrogens with zero attached hydrogens (tertiary/aromatic N) is 3. The van der Waals surface area contributed by atoms with Gasteiger partial charge in [0.2, 0.25) is 11.8 Å². The summed E-state index contributed by atoms with van der Waals surface area (Å²) >= 11 is 0. The lowest BCUT2D eigenvalue weighted by Gasteiger charge is -2.36. The van der Waals surface area contributed by atoms with Gasteiger partial charge in [-0.25, -0.2) is 0 Å². The van der Waals surface area contributed by atoms with E-state index in [1.165, 1.54) is 6.07 Å². The Morgan fingerprint density at radius 3 is 2.36 bits per heavy atom. The van der Waals surface area contributed by atoms with Gasteiger partial charge in [-0.1, -0.05) is 12.1 Å². The number of carbonyl (C=O) groups excluding carboxylic acids is 3. The van der Waals surface area contributed by atoms with E-state index in [9.17, 15) is 19.5 Å². The fourth-order valence-electron chi connectivity index (χ4n) is 4.54. The van der Waals surface area contributed by atoms with E-state index in [0.29, 0.717) is 63.1 Å². The zero-order valence-corrected chi connectivity index (χ0v) is 18.1. The number of hydrogen-bond acceptors (Lipinski definition) is 6. The summed E-state index contributed by atoms with van der Waals surface area (Å²) in [6.07, 6.45) is 0.157. The lowest BCUT2D eigenvalue weighted by atomic mass is 10.1. The second-order valence-electron chi connectivity index (χ2n) is 8.37. The first kappa shape index (κ1) is 21.1. The van der Waals surface area contributed by atoms with E-state index < -0.39 is 5.92 Å². The minimum Gasteiger partial charge on any atom is -0.507 e. The molecule has 1 unspecified atom stereocenters. The van der Waals surface area contributed by atoms with Crippen LogP contribution in [-0.4, -0.2) is 78.6 Å². The molecule has 0 radical (unpaired) electrons. The molecule has 172 valence electrons. The van der Waals surface area contributed by atoms with Crippen LogP contribution in [0.25, 0.3) is 0 Å². The Hall–Kier alpha value is -3.75. The minimum atomic E-state index is -0.425. The van der Waals surface area contributed by atoms with E-state index in [-0.39, 0.29) is 35.5 Å². The molecule has 1 N–H and O–H groups in total. The molecule has 3 heterocycles. The molecule has 3 amide bonds. The first-order valence-electron chi connectivity index (χ1n) is 11.1. The van der Waals surface area contributed by atoms with Crippen molar-refractivity contribution in [2.75, 3.05) is 50.8 Å². The maximum Gasteiger partial charge on any atom is 0.257 e. The van der Waals surface area contributed by atoms with Crippen molar-refractivity contribution in [2.45, 2.75) is 6.42 Å². The number of aromatic hydroxyl groups is 1. The molecule has 0 aliphatic carbocycles. The Morgan fingerprint density at radius 2 is 1.61 bits per heavy atom. The number of phenolic OH excluding ortho intramolecular Hbond substituents is 1. The summed E-state index contributed by atoms with van der Waals surface area (Å²) in [7, 11) is 0. The standard InChI is InChI=1S/C24H25N3O6/c28-19-4-2-1-3-18(19)24(31)26-9-7-25(8-10-26)23(30)16-13-22(29)27(15-16)17-5-6-20-21(14-17)33-12-11-32-20/h1-6,14,16,28H,7-13,15H2. The van der Waals surface area contributed by atoms with Crippen LogP contribution in [0.15, 0.2) is 42.5 Å². The van der Waals surface area contributed by atoms with E-state index in [2.05, 4.69) is 0 Å². The summed E-state index contributed by atoms with van der Waals surface area (Å²) in [6.45, 7) is 2.83. The number of hydrogen-bond donors (Lipinski definition) is 1. The highest BCUT2D eigenvalue weighted by atomic mass is 16.6. The predicted molar refractivity (Wildman–Crippen MR) is 118 cm³/mol. The predicted octanol–water partition coefficient (Wildman–Crippen LogP) is 1.50. The molecule has 2 fully saturated rings. The third-order valence-electron chi connectivity index (χ3n) is 6.32. The van der Waals surface area contributed by atoms with Gasteiger partial charge in [0.25, 0.3) is 5.91 Å². The van der Waals surface area contributed by atoms with Crippen LogP contribution in [0.4, 0.5) is 5.69 Å². The van der Waals surface area contributed by atoms with Crippen LogP contribution in [-0.2, 0) is 9.59 Å². The number of anilines is 1. The Kier molecular flexibility index (Phi) is 5.53. The molecule has 5 rings (SSSR count). The van der Waals surface area contributed by atoms with Gasteiger partial charge in [-0.3, -0.25) is 14.4 Å². The zero-order valence-electron chi connectivity index (χ0n) is 18.1. The van der Waals surface area contributed by atoms with Gasteiger partial charge in [0.1, 0.15) is 19.0 Å². The molecule has 3 aliphatic rings. The molecule has 3 aliphatic heterocycles. The highest BCUT2D eigenvalue weighted by Gasteiger charge is 2.38. The van der Waals surface area contributed by atoms with Gasteiger partial charge in [0.05, 0.1) is 11.5 Å². The van der Waals surface area contributed by atoms with Gasteiger partial charge in [-0.15, -0.1) is 0 Å². The summed E-state index contributed by atoms with van der Waals surface area (Å²) in [5, 5.41) is 9.94. The molecule has 2 saturated heterocycles. The first-order valence-corrected chi connectivity index (χ1v) is 11.1. The molecule has 1 atom stereocenters. The number of rotatable bonds is 3. The maximum atomic E-state index is 13.1. The Balaban J connectivity index is 1.20. The number of benzene rings is 2. The molecule has 33 heavy (non-hydrogen) atoms. The number of piperazine rings is 1. The molecular formula is C24H25N3O6. The first-order chi connectivity index (χ1) is 16.0. The Labute approximate surface area is 191 Å². The number of ether oxygens (including phenoxy) is 2. The minimum absolute atomic E-state index is 0.0512. The van der Waals surface area contributed by atoms with Gasteiger partial charge in [-0.2, -0.15) is 0 Å². The summed E-state index contributed by atoms with van der Waals surface area (Å²) in [6, 6.07) is 11.8. The van der Waals surface area contributed by atoms with Gasteiger partial charge < -0.3 is 29.3 Å². The number of para-hydroxylation sites is 1. The second-order valence-corrected chi connectivity index (χ2v) is 8.37. The molecular weight excluding hydrogens is 426 g/mol. The van der Waals surface area contributed by atoms with Crippen LogP contribution in [0, 0.1) is 5.92 Å². The van der Waals surface area contributed by atoms with Gasteiger partial charge >= 0.3 is 0 Å². The number of phenols is 1. The zero-order chi connectivity index (χ0) is 22.9. The van der Waals surface area contributed by atoms with Crippen molar-refractivity contribution in [1.29, 1.82) is 0 Å². The fraction of sp³-hybridized carbons (Fsp3) is 0.375. The van der Waals surface area contributed by atoms with E-state index in [1.807, 2.05) is 6.07 Å². The van der Waals surface area contributed by atoms with Gasteiger partial charge in [0.15, 0.2) is 11.5 Å². The molecule has 0 aromatic heterocycles. The highest BCUT2D eigenvalue weighted by molar-refractivity contribution is 6.01. The molecule has 0 spiro atoms. The SMILES string of the molecule is O=C(c1ccccc1O)N1CCN(C(=O)C2CC(=O)N(c3ccc4c(c3)OCCO4)C2)CC1. The monoisotopic (exact) mass is 451 g/mol. The molecule has 9 heteroatoms. The van der Waals surface area contributed by atoms with Gasteiger partial charge in [0, 0.05) is 50.9 Å². The van der Waals surface area contributed by atoms with Gasteiger partial charge in [-0.05, 0) is 24.3 Å². The van der Waals surface area contributed by atoms with Crippen molar-refractivity contribution >= 4 is 23.4 Å². The lowest BCUT2D eigenvalue weighted by molar-refractivity contribution is -0.137. The van der Waals surface area contributed by atoms with Crippen molar-refractivity contribution in [1.82, 2.24) is 9.80 Å². The highest BCUT2D eigenvalue weighted by Crippen LogP contribution is 2.36. The Morgan fingerprint density at radius 1 is 0.909 bits per heavy atom. The summed E-state index contributed by atoms with van der Waals surface area (Å²) in [5.74, 6) is 0.361. The number of fused-ring (bicyclic) bond motifs is 1. The lowest BCUT2D eigenvalue weighted by Crippen LogP contribution is -2.52. The molecule has 0 saturated carbocycles. The smallest absolute Gasteiger partial charge is 0.257 e. The van der Waals surface area contributed by atoms with Crippen molar-refractivity contribution in [3.8, 4) is 17.2 Å². The van der Waals surface area contributed by atoms with Crippen LogP contribution < -0.4 is 14.4 Å². The molecule has 2 aromatic rings. The maximum absolute atomic E-state index is 13.1. The third-order valence-corrected chi connectivity index (χ3v) is 6.32. The molecule has 2 aromatic carbocycles. The Bertz CT molecular complexity index is 1100. The third kappa shape index (κ3) is 4.06. The van der Waals surface area contributed by atoms with E-state index in [1.54, 1.807) is 45.0 Å². The second kappa shape index (κ2) is 8.65. The van der Waals surface area contributed by atoms with Crippen molar-refractivity contribution in [2.24, 2.45) is 5.92 Å². The van der Waals surface area contributed by atoms with Crippen LogP contribution in [0.1, 0.15) is 16.8 Å². The van der Waals surface area contributed by atoms with Crippen molar-refractivity contribution in [3.05, 3.63) is 48.0 Å². The van der Waals surface area contributed by atoms with E-state index >= 15 is 0 Å². The van der Waals surface area contributed by atoms with Crippen LogP contribution >= 0.6 is 0 Å². The molecule has 9 nitrogen and oxygen atoms in total. The summed E-state index contributed by atoms with van der Waals surface area (Å²) in [5.41, 5.74) is 0.950.